The van der Waals surface area contributed by atoms with Crippen LogP contribution in [0.4, 0.5) is 5.69 Å². The van der Waals surface area contributed by atoms with E-state index in [0.717, 1.165) is 77.4 Å². The summed E-state index contributed by atoms with van der Waals surface area (Å²) in [4.78, 5) is 23.1. The molecule has 3 heterocycles. The molecule has 1 aliphatic rings. The Hall–Kier alpha value is -3.71. The molecule has 5 rings (SSSR count). The zero-order valence-electron chi connectivity index (χ0n) is 21.5. The first kappa shape index (κ1) is 24.0. The monoisotopic (exact) mass is 482 g/mol. The van der Waals surface area contributed by atoms with Gasteiger partial charge in [0.05, 0.1) is 17.3 Å². The predicted octanol–water partition coefficient (Wildman–Crippen LogP) is 4.67. The maximum absolute atomic E-state index is 13.5. The molecule has 7 heteroatoms. The van der Waals surface area contributed by atoms with E-state index >= 15 is 0 Å². The van der Waals surface area contributed by atoms with Gasteiger partial charge in [0.1, 0.15) is 5.69 Å². The molecule has 1 amide bonds. The first-order valence-corrected chi connectivity index (χ1v) is 12.7. The molecule has 36 heavy (non-hydrogen) atoms. The zero-order valence-corrected chi connectivity index (χ0v) is 21.5. The van der Waals surface area contributed by atoms with Crippen molar-refractivity contribution >= 4 is 22.5 Å². The topological polar surface area (TPSA) is 66.3 Å². The Balaban J connectivity index is 1.43. The summed E-state index contributed by atoms with van der Waals surface area (Å²) in [6, 6.07) is 18.1. The van der Waals surface area contributed by atoms with E-state index in [1.807, 2.05) is 55.1 Å². The zero-order chi connectivity index (χ0) is 25.2. The molecule has 1 atom stereocenters. The van der Waals surface area contributed by atoms with Crippen molar-refractivity contribution in [3.8, 4) is 11.4 Å². The Morgan fingerprint density at radius 2 is 1.81 bits per heavy atom. The summed E-state index contributed by atoms with van der Waals surface area (Å²) in [5.41, 5.74) is 6.37. The molecule has 1 N–H and O–H groups in total. The Kier molecular flexibility index (Phi) is 6.74. The number of nitrogens with one attached hydrogen (secondary N) is 1. The fraction of sp³-hybridized carbons (Fsp3) is 0.345. The van der Waals surface area contributed by atoms with Gasteiger partial charge in [-0.3, -0.25) is 9.48 Å². The quantitative estimate of drug-likeness (QED) is 0.433. The fourth-order valence-corrected chi connectivity index (χ4v) is 4.83. The second-order valence-electron chi connectivity index (χ2n) is 9.66. The minimum absolute atomic E-state index is 0.0614. The first-order valence-electron chi connectivity index (χ1n) is 12.7. The van der Waals surface area contributed by atoms with Gasteiger partial charge in [-0.15, -0.1) is 0 Å². The lowest BCUT2D eigenvalue weighted by Crippen LogP contribution is -2.44. The van der Waals surface area contributed by atoms with Crippen molar-refractivity contribution < 1.29 is 4.79 Å². The Labute approximate surface area is 212 Å². The second-order valence-corrected chi connectivity index (χ2v) is 9.66. The van der Waals surface area contributed by atoms with Gasteiger partial charge in [-0.2, -0.15) is 5.10 Å². The summed E-state index contributed by atoms with van der Waals surface area (Å²) in [6.45, 7) is 10.9. The van der Waals surface area contributed by atoms with Crippen molar-refractivity contribution in [3.05, 3.63) is 77.5 Å². The first-order chi connectivity index (χ1) is 17.4. The van der Waals surface area contributed by atoms with E-state index in [1.54, 1.807) is 0 Å². The maximum atomic E-state index is 13.5. The van der Waals surface area contributed by atoms with Crippen molar-refractivity contribution in [3.63, 3.8) is 0 Å². The van der Waals surface area contributed by atoms with Crippen molar-refractivity contribution in [1.29, 1.82) is 0 Å². The molecule has 1 aliphatic heterocycles. The number of carbonyl (C=O) groups is 1. The van der Waals surface area contributed by atoms with Crippen LogP contribution in [0.3, 0.4) is 0 Å². The van der Waals surface area contributed by atoms with Gasteiger partial charge in [-0.25, -0.2) is 4.98 Å². The number of para-hydroxylation sites is 1. The Bertz CT molecular complexity index is 1390. The lowest BCUT2D eigenvalue weighted by molar-refractivity contribution is 0.0939. The molecule has 2 aromatic heterocycles. The maximum Gasteiger partial charge on any atom is 0.252 e. The predicted molar refractivity (Wildman–Crippen MR) is 145 cm³/mol. The minimum atomic E-state index is -0.205. The third-order valence-electron chi connectivity index (χ3n) is 7.12. The third kappa shape index (κ3) is 4.84. The van der Waals surface area contributed by atoms with Crippen LogP contribution in [0.25, 0.3) is 22.3 Å². The highest BCUT2D eigenvalue weighted by molar-refractivity contribution is 5.97. The number of anilines is 1. The van der Waals surface area contributed by atoms with Crippen molar-refractivity contribution in [2.24, 2.45) is 0 Å². The molecule has 7 nitrogen and oxygen atoms in total. The van der Waals surface area contributed by atoms with Gasteiger partial charge >= 0.3 is 0 Å². The van der Waals surface area contributed by atoms with Crippen LogP contribution in [0.5, 0.6) is 0 Å². The van der Waals surface area contributed by atoms with E-state index in [4.69, 9.17) is 4.98 Å². The number of pyridine rings is 1. The number of benzene rings is 2. The molecule has 0 saturated carbocycles. The van der Waals surface area contributed by atoms with E-state index in [2.05, 4.69) is 58.5 Å². The Morgan fingerprint density at radius 1 is 1.03 bits per heavy atom. The number of amides is 1. The summed E-state index contributed by atoms with van der Waals surface area (Å²) < 4.78 is 1.90. The van der Waals surface area contributed by atoms with Crippen LogP contribution in [0.15, 0.2) is 60.8 Å². The fourth-order valence-electron chi connectivity index (χ4n) is 4.83. The van der Waals surface area contributed by atoms with E-state index in [-0.39, 0.29) is 11.9 Å². The van der Waals surface area contributed by atoms with Gasteiger partial charge in [-0.05, 0) is 69.3 Å². The molecule has 0 unspecified atom stereocenters. The highest BCUT2D eigenvalue weighted by atomic mass is 16.1. The summed E-state index contributed by atoms with van der Waals surface area (Å²) in [5, 5.41) is 8.94. The van der Waals surface area contributed by atoms with Crippen molar-refractivity contribution in [1.82, 2.24) is 25.0 Å². The number of hydrogen-bond donors (Lipinski definition) is 1. The van der Waals surface area contributed by atoms with E-state index in [9.17, 15) is 4.79 Å². The van der Waals surface area contributed by atoms with Crippen LogP contribution in [-0.2, 0) is 6.54 Å². The van der Waals surface area contributed by atoms with Gasteiger partial charge in [-0.1, -0.05) is 24.3 Å². The molecule has 4 aromatic rings. The Morgan fingerprint density at radius 3 is 2.56 bits per heavy atom. The summed E-state index contributed by atoms with van der Waals surface area (Å²) in [6.07, 6.45) is 1.97. The highest BCUT2D eigenvalue weighted by Crippen LogP contribution is 2.29. The van der Waals surface area contributed by atoms with Gasteiger partial charge in [0.25, 0.3) is 5.91 Å². The molecule has 0 aliphatic carbocycles. The van der Waals surface area contributed by atoms with Crippen LogP contribution in [0.1, 0.15) is 41.4 Å². The van der Waals surface area contributed by atoms with Crippen molar-refractivity contribution in [2.75, 3.05) is 38.1 Å². The average Bonchev–Trinajstić information content (AvgIpc) is 3.38. The standard InChI is InChI=1S/C29H34N6O/c1-5-35-13-12-27(32-35)28-19-25(23-8-6-7-9-26(23)31-28)21(3)30-29(36)24-18-22(11-10-20(24)2)34-16-14-33(4)15-17-34/h6-13,18-19,21H,5,14-17H2,1-4H3,(H,30,36)/t21-/m1/s1. The smallest absolute Gasteiger partial charge is 0.252 e. The number of aromatic nitrogens is 3. The van der Waals surface area contributed by atoms with Crippen LogP contribution < -0.4 is 10.2 Å². The van der Waals surface area contributed by atoms with E-state index in [0.29, 0.717) is 0 Å². The number of hydrogen-bond acceptors (Lipinski definition) is 5. The summed E-state index contributed by atoms with van der Waals surface area (Å²) in [7, 11) is 2.15. The van der Waals surface area contributed by atoms with Gasteiger partial charge in [0.2, 0.25) is 0 Å². The van der Waals surface area contributed by atoms with Crippen LogP contribution >= 0.6 is 0 Å². The summed E-state index contributed by atoms with van der Waals surface area (Å²) in [5.74, 6) is -0.0614. The molecular weight excluding hydrogens is 448 g/mol. The number of fused-ring (bicyclic) bond motifs is 1. The third-order valence-corrected chi connectivity index (χ3v) is 7.12. The minimum Gasteiger partial charge on any atom is -0.369 e. The number of nitrogens with zero attached hydrogens (tertiary/aromatic N) is 5. The second kappa shape index (κ2) is 10.1. The normalized spacial score (nSPS) is 15.3. The lowest BCUT2D eigenvalue weighted by atomic mass is 10.00. The SMILES string of the molecule is CCn1ccc(-c2cc([C@@H](C)NC(=O)c3cc(N4CCN(C)CC4)ccc3C)c3ccccc3n2)n1. The number of rotatable bonds is 6. The highest BCUT2D eigenvalue weighted by Gasteiger charge is 2.20. The molecule has 1 saturated heterocycles. The molecular formula is C29H34N6O. The molecule has 0 bridgehead atoms. The van der Waals surface area contributed by atoms with Crippen LogP contribution in [-0.4, -0.2) is 58.8 Å². The average molecular weight is 483 g/mol. The number of piperazine rings is 1. The van der Waals surface area contributed by atoms with Crippen LogP contribution in [0, 0.1) is 6.92 Å². The van der Waals surface area contributed by atoms with Gasteiger partial charge in [0.15, 0.2) is 0 Å². The lowest BCUT2D eigenvalue weighted by Gasteiger charge is -2.34. The molecule has 2 aromatic carbocycles. The van der Waals surface area contributed by atoms with Crippen LogP contribution in [0.2, 0.25) is 0 Å². The van der Waals surface area contributed by atoms with Crippen molar-refractivity contribution in [2.45, 2.75) is 33.4 Å². The summed E-state index contributed by atoms with van der Waals surface area (Å²) >= 11 is 0. The number of carbonyl (C=O) groups excluding carboxylic acids is 1. The van der Waals surface area contributed by atoms with E-state index < -0.39 is 0 Å². The molecule has 186 valence electrons. The number of likely N-dealkylation sites (N-methyl/N-ethyl adjacent to an activating group) is 1. The molecule has 0 radical (unpaired) electrons. The molecule has 0 spiro atoms. The van der Waals surface area contributed by atoms with Gasteiger partial charge in [0, 0.05) is 55.6 Å². The van der Waals surface area contributed by atoms with Gasteiger partial charge < -0.3 is 15.1 Å². The van der Waals surface area contributed by atoms with E-state index in [1.165, 1.54) is 0 Å². The number of aryl methyl sites for hydroxylation is 2. The largest absolute Gasteiger partial charge is 0.369 e. The molecule has 1 fully saturated rings.